The summed E-state index contributed by atoms with van der Waals surface area (Å²) in [5.41, 5.74) is 0.421. The van der Waals surface area contributed by atoms with Gasteiger partial charge in [0, 0.05) is 24.1 Å². The number of rotatable bonds is 5. The van der Waals surface area contributed by atoms with Crippen molar-refractivity contribution in [2.75, 3.05) is 5.32 Å². The van der Waals surface area contributed by atoms with Crippen LogP contribution in [0.25, 0.3) is 4.96 Å². The molecule has 0 aliphatic rings. The van der Waals surface area contributed by atoms with Crippen LogP contribution in [0, 0.1) is 5.92 Å². The molecule has 3 heterocycles. The lowest BCUT2D eigenvalue weighted by Crippen LogP contribution is -2.31. The Kier molecular flexibility index (Phi) is 4.61. The third kappa shape index (κ3) is 3.62. The number of anilines is 1. The molecule has 3 aromatic rings. The normalized spacial score (nSPS) is 11.1. The highest BCUT2D eigenvalue weighted by Gasteiger charge is 2.11. The van der Waals surface area contributed by atoms with Gasteiger partial charge in [-0.05, 0) is 5.92 Å². The Balaban J connectivity index is 1.60. The second-order valence-electron chi connectivity index (χ2n) is 5.72. The number of aromatic nitrogens is 3. The molecule has 0 aliphatic heterocycles. The van der Waals surface area contributed by atoms with E-state index in [0.29, 0.717) is 16.6 Å². The van der Waals surface area contributed by atoms with Gasteiger partial charge in [0.1, 0.15) is 17.1 Å². The van der Waals surface area contributed by atoms with Crippen LogP contribution in [-0.4, -0.2) is 20.6 Å². The molecule has 24 heavy (non-hydrogen) atoms. The van der Waals surface area contributed by atoms with Crippen molar-refractivity contribution in [3.63, 3.8) is 0 Å². The van der Waals surface area contributed by atoms with Crippen LogP contribution in [0.5, 0.6) is 0 Å². The monoisotopic (exact) mass is 347 g/mol. The highest BCUT2D eigenvalue weighted by atomic mass is 32.1. The van der Waals surface area contributed by atoms with E-state index >= 15 is 0 Å². The minimum absolute atomic E-state index is 0.115. The Morgan fingerprint density at radius 2 is 2.29 bits per heavy atom. The summed E-state index contributed by atoms with van der Waals surface area (Å²) in [6.07, 6.45) is 3.76. The van der Waals surface area contributed by atoms with Gasteiger partial charge in [-0.1, -0.05) is 19.0 Å². The number of amides is 2. The molecule has 2 N–H and O–H groups in total. The van der Waals surface area contributed by atoms with Crippen LogP contribution in [0.3, 0.4) is 0 Å². The van der Waals surface area contributed by atoms with Gasteiger partial charge >= 0.3 is 6.03 Å². The first-order valence-electron chi connectivity index (χ1n) is 7.47. The quantitative estimate of drug-likeness (QED) is 0.737. The van der Waals surface area contributed by atoms with Crippen LogP contribution in [0.2, 0.25) is 0 Å². The minimum Gasteiger partial charge on any atom is -0.361 e. The number of nitrogens with zero attached hydrogens (tertiary/aromatic N) is 3. The van der Waals surface area contributed by atoms with Crippen molar-refractivity contribution < 1.29 is 9.32 Å². The molecule has 9 heteroatoms. The van der Waals surface area contributed by atoms with E-state index in [2.05, 4.69) is 34.6 Å². The van der Waals surface area contributed by atoms with Crippen LogP contribution in [-0.2, 0) is 13.0 Å². The summed E-state index contributed by atoms with van der Waals surface area (Å²) < 4.78 is 6.59. The van der Waals surface area contributed by atoms with E-state index in [1.807, 2.05) is 6.07 Å². The van der Waals surface area contributed by atoms with Crippen molar-refractivity contribution in [3.05, 3.63) is 45.6 Å². The molecule has 0 aromatic carbocycles. The summed E-state index contributed by atoms with van der Waals surface area (Å²) >= 11 is 1.35. The maximum atomic E-state index is 12.2. The molecule has 2 amide bonds. The van der Waals surface area contributed by atoms with E-state index in [0.717, 1.165) is 12.2 Å². The topological polar surface area (TPSA) is 102 Å². The van der Waals surface area contributed by atoms with Crippen LogP contribution in [0.4, 0.5) is 10.5 Å². The summed E-state index contributed by atoms with van der Waals surface area (Å²) in [7, 11) is 0. The van der Waals surface area contributed by atoms with Crippen LogP contribution < -0.4 is 16.2 Å². The largest absolute Gasteiger partial charge is 0.361 e. The lowest BCUT2D eigenvalue weighted by molar-refractivity contribution is 0.251. The molecule has 3 aromatic heterocycles. The van der Waals surface area contributed by atoms with E-state index < -0.39 is 6.03 Å². The summed E-state index contributed by atoms with van der Waals surface area (Å²) in [5.74, 6) is 1.25. The van der Waals surface area contributed by atoms with Crippen LogP contribution in [0.15, 0.2) is 33.2 Å². The molecule has 0 radical (unpaired) electrons. The first-order chi connectivity index (χ1) is 11.5. The first kappa shape index (κ1) is 16.2. The van der Waals surface area contributed by atoms with Crippen molar-refractivity contribution in [2.24, 2.45) is 5.92 Å². The first-order valence-corrected chi connectivity index (χ1v) is 8.35. The van der Waals surface area contributed by atoms with Gasteiger partial charge in [0.15, 0.2) is 4.96 Å². The zero-order valence-electron chi connectivity index (χ0n) is 13.3. The predicted molar refractivity (Wildman–Crippen MR) is 90.2 cm³/mol. The molecule has 0 aliphatic carbocycles. The number of thiazole rings is 1. The van der Waals surface area contributed by atoms with Gasteiger partial charge in [0.25, 0.3) is 5.56 Å². The smallest absolute Gasteiger partial charge is 0.319 e. The maximum Gasteiger partial charge on any atom is 0.319 e. The molecule has 8 nitrogen and oxygen atoms in total. The van der Waals surface area contributed by atoms with Crippen LogP contribution in [0.1, 0.15) is 25.3 Å². The molecule has 0 atom stereocenters. The molecule has 0 saturated heterocycles. The fourth-order valence-electron chi connectivity index (χ4n) is 2.19. The van der Waals surface area contributed by atoms with Crippen molar-refractivity contribution in [1.82, 2.24) is 19.9 Å². The molecule has 0 unspecified atom stereocenters. The zero-order valence-corrected chi connectivity index (χ0v) is 14.1. The zero-order chi connectivity index (χ0) is 17.1. The number of nitrogens with one attached hydrogen (secondary N) is 2. The number of carbonyl (C=O) groups excluding carboxylic acids is 1. The molecule has 0 spiro atoms. The fraction of sp³-hybridized carbons (Fsp3) is 0.333. The Labute approximate surface area is 141 Å². The van der Waals surface area contributed by atoms with E-state index in [1.54, 1.807) is 11.6 Å². The van der Waals surface area contributed by atoms with Gasteiger partial charge in [0.2, 0.25) is 0 Å². The highest BCUT2D eigenvalue weighted by molar-refractivity contribution is 7.15. The maximum absolute atomic E-state index is 12.2. The van der Waals surface area contributed by atoms with Gasteiger partial charge < -0.3 is 15.2 Å². The van der Waals surface area contributed by atoms with Gasteiger partial charge in [-0.15, -0.1) is 11.3 Å². The Hall–Kier alpha value is -2.68. The van der Waals surface area contributed by atoms with E-state index in [-0.39, 0.29) is 17.8 Å². The molecule has 0 bridgehead atoms. The van der Waals surface area contributed by atoms with Crippen LogP contribution >= 0.6 is 11.3 Å². The second-order valence-corrected chi connectivity index (χ2v) is 6.60. The van der Waals surface area contributed by atoms with E-state index in [9.17, 15) is 9.59 Å². The lowest BCUT2D eigenvalue weighted by atomic mass is 10.1. The molecular weight excluding hydrogens is 330 g/mol. The fourth-order valence-corrected chi connectivity index (χ4v) is 2.86. The van der Waals surface area contributed by atoms with Gasteiger partial charge in [-0.25, -0.2) is 9.78 Å². The minimum atomic E-state index is -0.502. The van der Waals surface area contributed by atoms with E-state index in [1.165, 1.54) is 21.9 Å². The summed E-state index contributed by atoms with van der Waals surface area (Å²) in [4.78, 5) is 28.8. The van der Waals surface area contributed by atoms with Gasteiger partial charge in [0.05, 0.1) is 12.7 Å². The Morgan fingerprint density at radius 1 is 1.46 bits per heavy atom. The number of fused-ring (bicyclic) bond motifs is 1. The van der Waals surface area contributed by atoms with Gasteiger partial charge in [-0.3, -0.25) is 9.20 Å². The average Bonchev–Trinajstić information content (AvgIpc) is 3.17. The third-order valence-corrected chi connectivity index (χ3v) is 4.01. The van der Waals surface area contributed by atoms with Gasteiger partial charge in [-0.2, -0.15) is 0 Å². The molecule has 3 rings (SSSR count). The van der Waals surface area contributed by atoms with Crippen molar-refractivity contribution >= 4 is 28.0 Å². The number of carbonyl (C=O) groups is 1. The van der Waals surface area contributed by atoms with Crippen molar-refractivity contribution in [2.45, 2.75) is 26.8 Å². The summed E-state index contributed by atoms with van der Waals surface area (Å²) in [5, 5.41) is 10.8. The molecule has 126 valence electrons. The summed E-state index contributed by atoms with van der Waals surface area (Å²) in [6.45, 7) is 4.39. The molecular formula is C15H17N5O3S. The Morgan fingerprint density at radius 3 is 3.08 bits per heavy atom. The number of hydrogen-bond acceptors (Lipinski definition) is 6. The standard InChI is InChI=1S/C15H17N5O3S/c1-9(2)5-11-6-10(19-23-11)7-16-14(22)18-12-8-17-15-20(13(12)21)3-4-24-15/h3-4,6,8-9H,5,7H2,1-2H3,(H2,16,18,22). The molecule has 0 saturated carbocycles. The number of urea groups is 1. The molecule has 0 fully saturated rings. The summed E-state index contributed by atoms with van der Waals surface area (Å²) in [6, 6.07) is 1.31. The van der Waals surface area contributed by atoms with E-state index in [4.69, 9.17) is 4.52 Å². The number of hydrogen-bond donors (Lipinski definition) is 2. The van der Waals surface area contributed by atoms with Crippen molar-refractivity contribution in [3.8, 4) is 0 Å². The lowest BCUT2D eigenvalue weighted by Gasteiger charge is -2.05. The predicted octanol–water partition coefficient (Wildman–Crippen LogP) is 2.26. The Bertz CT molecular complexity index is 911. The highest BCUT2D eigenvalue weighted by Crippen LogP contribution is 2.10. The van der Waals surface area contributed by atoms with Crippen molar-refractivity contribution in [1.29, 1.82) is 0 Å². The third-order valence-electron chi connectivity index (χ3n) is 3.24. The second kappa shape index (κ2) is 6.83. The SMILES string of the molecule is CC(C)Cc1cc(CNC(=O)Nc2cnc3sccn3c2=O)no1. The average molecular weight is 347 g/mol.